The molecule has 0 fully saturated rings. The van der Waals surface area contributed by atoms with Crippen molar-refractivity contribution in [2.45, 2.75) is 135 Å². The van der Waals surface area contributed by atoms with Crippen molar-refractivity contribution in [1.29, 1.82) is 0 Å². The van der Waals surface area contributed by atoms with Crippen LogP contribution in [0, 0.1) is 0 Å². The van der Waals surface area contributed by atoms with Gasteiger partial charge in [-0.25, -0.2) is 0 Å². The number of nitrogens with two attached hydrogens (primary N) is 2. The van der Waals surface area contributed by atoms with Crippen LogP contribution in [-0.4, -0.2) is 37.7 Å². The van der Waals surface area contributed by atoms with Gasteiger partial charge in [-0.2, -0.15) is 0 Å². The van der Waals surface area contributed by atoms with Crippen molar-refractivity contribution in [3.05, 3.63) is 0 Å². The Morgan fingerprint density at radius 3 is 1.72 bits per heavy atom. The molecule has 0 spiro atoms. The lowest BCUT2D eigenvalue weighted by Crippen LogP contribution is -2.32. The standard InChI is InChI=1S/C26H52N2O4/c1-2-3-4-5-6-7-8-9-10-11-14-20-25(29)31-22-17-12-13-18-23-32-26(30)24(28)19-15-16-21-27/h24H,2-23,27-28H2,1H3. The Balaban J connectivity index is 3.32. The van der Waals surface area contributed by atoms with E-state index in [1.54, 1.807) is 0 Å². The van der Waals surface area contributed by atoms with E-state index in [9.17, 15) is 9.59 Å². The molecule has 0 radical (unpaired) electrons. The highest BCUT2D eigenvalue weighted by Crippen LogP contribution is 2.12. The lowest BCUT2D eigenvalue weighted by atomic mass is 10.1. The molecule has 0 aliphatic heterocycles. The zero-order chi connectivity index (χ0) is 23.7. The lowest BCUT2D eigenvalue weighted by molar-refractivity contribution is -0.146. The molecule has 190 valence electrons. The van der Waals surface area contributed by atoms with Gasteiger partial charge >= 0.3 is 11.9 Å². The maximum absolute atomic E-state index is 11.8. The molecule has 0 aromatic heterocycles. The third-order valence-corrected chi connectivity index (χ3v) is 5.80. The summed E-state index contributed by atoms with van der Waals surface area (Å²) >= 11 is 0. The highest BCUT2D eigenvalue weighted by Gasteiger charge is 2.13. The summed E-state index contributed by atoms with van der Waals surface area (Å²) in [5, 5.41) is 0. The molecule has 1 atom stereocenters. The van der Waals surface area contributed by atoms with Crippen LogP contribution in [0.15, 0.2) is 0 Å². The number of esters is 2. The average molecular weight is 457 g/mol. The SMILES string of the molecule is CCCCCCCCCCCCCC(=O)OCCCCCCOC(=O)C(N)CCCCN. The molecule has 6 nitrogen and oxygen atoms in total. The first-order valence-electron chi connectivity index (χ1n) is 13.4. The van der Waals surface area contributed by atoms with Gasteiger partial charge in [0.2, 0.25) is 0 Å². The van der Waals surface area contributed by atoms with Crippen LogP contribution in [-0.2, 0) is 19.1 Å². The number of carbonyl (C=O) groups is 2. The van der Waals surface area contributed by atoms with Crippen LogP contribution in [0.3, 0.4) is 0 Å². The van der Waals surface area contributed by atoms with Crippen molar-refractivity contribution >= 4 is 11.9 Å². The zero-order valence-corrected chi connectivity index (χ0v) is 20.9. The summed E-state index contributed by atoms with van der Waals surface area (Å²) in [6, 6.07) is -0.540. The lowest BCUT2D eigenvalue weighted by Gasteiger charge is -2.11. The first kappa shape index (κ1) is 30.9. The van der Waals surface area contributed by atoms with Crippen molar-refractivity contribution in [2.75, 3.05) is 19.8 Å². The second kappa shape index (κ2) is 24.5. The van der Waals surface area contributed by atoms with Crippen LogP contribution in [0.25, 0.3) is 0 Å². The number of rotatable bonds is 24. The summed E-state index contributed by atoms with van der Waals surface area (Å²) in [5.41, 5.74) is 11.2. The van der Waals surface area contributed by atoms with Crippen LogP contribution in [0.4, 0.5) is 0 Å². The third-order valence-electron chi connectivity index (χ3n) is 5.80. The van der Waals surface area contributed by atoms with Gasteiger partial charge in [-0.3, -0.25) is 9.59 Å². The van der Waals surface area contributed by atoms with Gasteiger partial charge in [-0.15, -0.1) is 0 Å². The van der Waals surface area contributed by atoms with Gasteiger partial charge in [-0.1, -0.05) is 77.6 Å². The first-order chi connectivity index (χ1) is 15.6. The Labute approximate surface area is 197 Å². The Morgan fingerprint density at radius 2 is 1.16 bits per heavy atom. The van der Waals surface area contributed by atoms with Gasteiger partial charge in [0.15, 0.2) is 0 Å². The highest BCUT2D eigenvalue weighted by molar-refractivity contribution is 5.75. The molecule has 0 aliphatic carbocycles. The van der Waals surface area contributed by atoms with Crippen molar-refractivity contribution < 1.29 is 19.1 Å². The number of hydrogen-bond donors (Lipinski definition) is 2. The molecular formula is C26H52N2O4. The summed E-state index contributed by atoms with van der Waals surface area (Å²) in [4.78, 5) is 23.5. The van der Waals surface area contributed by atoms with E-state index in [2.05, 4.69) is 6.92 Å². The van der Waals surface area contributed by atoms with Crippen LogP contribution < -0.4 is 11.5 Å². The quantitative estimate of drug-likeness (QED) is 0.141. The molecule has 0 amide bonds. The van der Waals surface area contributed by atoms with Crippen LogP contribution >= 0.6 is 0 Å². The van der Waals surface area contributed by atoms with E-state index < -0.39 is 6.04 Å². The normalized spacial score (nSPS) is 12.0. The fourth-order valence-electron chi connectivity index (χ4n) is 3.66. The minimum atomic E-state index is -0.540. The monoisotopic (exact) mass is 456 g/mol. The Hall–Kier alpha value is -1.14. The number of unbranched alkanes of at least 4 members (excludes halogenated alkanes) is 14. The van der Waals surface area contributed by atoms with Crippen LogP contribution in [0.1, 0.15) is 129 Å². The smallest absolute Gasteiger partial charge is 0.322 e. The number of hydrogen-bond acceptors (Lipinski definition) is 6. The molecular weight excluding hydrogens is 404 g/mol. The molecule has 0 aromatic carbocycles. The van der Waals surface area contributed by atoms with Crippen LogP contribution in [0.5, 0.6) is 0 Å². The molecule has 0 saturated heterocycles. The fourth-order valence-corrected chi connectivity index (χ4v) is 3.66. The van der Waals surface area contributed by atoms with Crippen molar-refractivity contribution in [3.63, 3.8) is 0 Å². The molecule has 1 unspecified atom stereocenters. The van der Waals surface area contributed by atoms with Crippen molar-refractivity contribution in [3.8, 4) is 0 Å². The third kappa shape index (κ3) is 22.1. The molecule has 0 bridgehead atoms. The maximum Gasteiger partial charge on any atom is 0.322 e. The summed E-state index contributed by atoms with van der Waals surface area (Å²) in [7, 11) is 0. The van der Waals surface area contributed by atoms with Gasteiger partial charge in [0, 0.05) is 6.42 Å². The molecule has 0 rings (SSSR count). The molecule has 4 N–H and O–H groups in total. The molecule has 32 heavy (non-hydrogen) atoms. The maximum atomic E-state index is 11.8. The predicted molar refractivity (Wildman–Crippen MR) is 132 cm³/mol. The van der Waals surface area contributed by atoms with E-state index in [4.69, 9.17) is 20.9 Å². The molecule has 0 heterocycles. The Morgan fingerprint density at radius 1 is 0.656 bits per heavy atom. The largest absolute Gasteiger partial charge is 0.466 e. The second-order valence-corrected chi connectivity index (χ2v) is 8.98. The van der Waals surface area contributed by atoms with Gasteiger partial charge in [-0.05, 0) is 51.5 Å². The number of ether oxygens (including phenoxy) is 2. The summed E-state index contributed by atoms with van der Waals surface area (Å²) in [6.07, 6.45) is 20.6. The molecule has 6 heteroatoms. The zero-order valence-electron chi connectivity index (χ0n) is 20.9. The molecule has 0 aliphatic rings. The average Bonchev–Trinajstić information content (AvgIpc) is 2.79. The summed E-state index contributed by atoms with van der Waals surface area (Å²) in [6.45, 7) is 3.77. The molecule has 0 aromatic rings. The minimum absolute atomic E-state index is 0.0709. The summed E-state index contributed by atoms with van der Waals surface area (Å²) < 4.78 is 10.5. The van der Waals surface area contributed by atoms with E-state index >= 15 is 0 Å². The Kier molecular flexibility index (Phi) is 23.6. The topological polar surface area (TPSA) is 105 Å². The predicted octanol–water partition coefficient (Wildman–Crippen LogP) is 5.79. The highest BCUT2D eigenvalue weighted by atomic mass is 16.5. The van der Waals surface area contributed by atoms with E-state index in [1.807, 2.05) is 0 Å². The van der Waals surface area contributed by atoms with E-state index in [1.165, 1.54) is 57.8 Å². The van der Waals surface area contributed by atoms with E-state index in [0.29, 0.717) is 32.6 Å². The fraction of sp³-hybridized carbons (Fsp3) is 0.923. The van der Waals surface area contributed by atoms with Gasteiger partial charge < -0.3 is 20.9 Å². The Bertz CT molecular complexity index is 432. The molecule has 0 saturated carbocycles. The van der Waals surface area contributed by atoms with Gasteiger partial charge in [0.1, 0.15) is 6.04 Å². The first-order valence-corrected chi connectivity index (χ1v) is 13.4. The van der Waals surface area contributed by atoms with Crippen molar-refractivity contribution in [1.82, 2.24) is 0 Å². The van der Waals surface area contributed by atoms with Gasteiger partial charge in [0.05, 0.1) is 13.2 Å². The summed E-state index contributed by atoms with van der Waals surface area (Å²) in [5.74, 6) is -0.392. The van der Waals surface area contributed by atoms with Crippen molar-refractivity contribution in [2.24, 2.45) is 11.5 Å². The minimum Gasteiger partial charge on any atom is -0.466 e. The van der Waals surface area contributed by atoms with E-state index in [-0.39, 0.29) is 11.9 Å². The van der Waals surface area contributed by atoms with Gasteiger partial charge in [0.25, 0.3) is 0 Å². The van der Waals surface area contributed by atoms with E-state index in [0.717, 1.165) is 51.4 Å². The number of carbonyl (C=O) groups excluding carboxylic acids is 2. The second-order valence-electron chi connectivity index (χ2n) is 8.98. The van der Waals surface area contributed by atoms with Crippen LogP contribution in [0.2, 0.25) is 0 Å².